The van der Waals surface area contributed by atoms with E-state index in [9.17, 15) is 0 Å². The van der Waals surface area contributed by atoms with E-state index in [0.717, 1.165) is 61.6 Å². The molecule has 0 atom stereocenters. The van der Waals surface area contributed by atoms with Gasteiger partial charge in [-0.3, -0.25) is 0 Å². The van der Waals surface area contributed by atoms with Crippen molar-refractivity contribution in [3.63, 3.8) is 0 Å². The fourth-order valence-electron chi connectivity index (χ4n) is 9.50. The monoisotopic (exact) mass is 791 g/mol. The Morgan fingerprint density at radius 2 is 0.581 bits per heavy atom. The molecule has 0 bridgehead atoms. The van der Waals surface area contributed by atoms with Gasteiger partial charge < -0.3 is 4.74 Å². The number of rotatable bonds is 6. The molecule has 0 saturated heterocycles. The number of fused-ring (bicyclic) bond motifs is 9. The van der Waals surface area contributed by atoms with Gasteiger partial charge in [0, 0.05) is 27.8 Å². The Morgan fingerprint density at radius 3 is 1.08 bits per heavy atom. The maximum Gasteiger partial charge on any atom is 0.164 e. The number of para-hydroxylation sites is 2. The van der Waals surface area contributed by atoms with Gasteiger partial charge in [-0.25, -0.2) is 15.0 Å². The molecule has 10 aromatic rings. The SMILES string of the molecule is c1ccc(-c2ccc(-c3ccc4c(c3)C3(c5ccccc5Oc5ccccc53)c3cc(-c5nc(-c6ccccc6)nc(-c6ccc(-c7ccccc7)cc6)n5)ccc3-4)cc2)cc1. The predicted octanol–water partition coefficient (Wildman–Crippen LogP) is 14.3. The molecule has 0 saturated carbocycles. The van der Waals surface area contributed by atoms with Crippen molar-refractivity contribution in [2.24, 2.45) is 0 Å². The van der Waals surface area contributed by atoms with Crippen LogP contribution in [0.1, 0.15) is 22.3 Å². The Balaban J connectivity index is 1.05. The lowest BCUT2D eigenvalue weighted by Crippen LogP contribution is -2.32. The number of hydrogen-bond acceptors (Lipinski definition) is 4. The smallest absolute Gasteiger partial charge is 0.164 e. The molecule has 290 valence electrons. The number of ether oxygens (including phenoxy) is 1. The topological polar surface area (TPSA) is 47.9 Å². The molecule has 2 heterocycles. The van der Waals surface area contributed by atoms with Crippen molar-refractivity contribution in [2.75, 3.05) is 0 Å². The van der Waals surface area contributed by atoms with Crippen LogP contribution in [0.3, 0.4) is 0 Å². The molecule has 1 aliphatic carbocycles. The van der Waals surface area contributed by atoms with E-state index < -0.39 is 5.41 Å². The number of aromatic nitrogens is 3. The van der Waals surface area contributed by atoms with E-state index in [1.807, 2.05) is 24.3 Å². The zero-order valence-electron chi connectivity index (χ0n) is 33.6. The molecule has 12 rings (SSSR count). The lowest BCUT2D eigenvalue weighted by Gasteiger charge is -2.39. The van der Waals surface area contributed by atoms with Gasteiger partial charge in [0.1, 0.15) is 11.5 Å². The third-order valence-electron chi connectivity index (χ3n) is 12.4. The minimum absolute atomic E-state index is 0.614. The summed E-state index contributed by atoms with van der Waals surface area (Å²) in [6.07, 6.45) is 0. The largest absolute Gasteiger partial charge is 0.457 e. The number of benzene rings is 9. The van der Waals surface area contributed by atoms with Crippen molar-refractivity contribution in [3.05, 3.63) is 247 Å². The van der Waals surface area contributed by atoms with Crippen LogP contribution in [-0.2, 0) is 5.41 Å². The molecule has 1 spiro atoms. The summed E-state index contributed by atoms with van der Waals surface area (Å²) < 4.78 is 6.71. The van der Waals surface area contributed by atoms with Gasteiger partial charge in [0.05, 0.1) is 5.41 Å². The van der Waals surface area contributed by atoms with Crippen molar-refractivity contribution in [1.82, 2.24) is 15.0 Å². The lowest BCUT2D eigenvalue weighted by molar-refractivity contribution is 0.436. The zero-order chi connectivity index (χ0) is 41.0. The van der Waals surface area contributed by atoms with Crippen LogP contribution in [0, 0.1) is 0 Å². The Morgan fingerprint density at radius 1 is 0.258 bits per heavy atom. The van der Waals surface area contributed by atoms with E-state index in [4.69, 9.17) is 19.7 Å². The van der Waals surface area contributed by atoms with Crippen molar-refractivity contribution < 1.29 is 4.74 Å². The fraction of sp³-hybridized carbons (Fsp3) is 0.0172. The van der Waals surface area contributed by atoms with Gasteiger partial charge >= 0.3 is 0 Å². The second-order valence-electron chi connectivity index (χ2n) is 15.9. The summed E-state index contributed by atoms with van der Waals surface area (Å²) in [5.41, 5.74) is 16.1. The minimum atomic E-state index is -0.683. The summed E-state index contributed by atoms with van der Waals surface area (Å²) in [6.45, 7) is 0. The molecule has 0 radical (unpaired) electrons. The molecular weight excluding hydrogens is 755 g/mol. The first-order valence-corrected chi connectivity index (χ1v) is 21.0. The van der Waals surface area contributed by atoms with Gasteiger partial charge in [0.15, 0.2) is 17.5 Å². The molecule has 0 fully saturated rings. The van der Waals surface area contributed by atoms with Gasteiger partial charge in [-0.15, -0.1) is 0 Å². The molecule has 4 nitrogen and oxygen atoms in total. The highest BCUT2D eigenvalue weighted by Crippen LogP contribution is 2.62. The molecule has 4 heteroatoms. The third kappa shape index (κ3) is 5.80. The normalized spacial score (nSPS) is 12.8. The van der Waals surface area contributed by atoms with Gasteiger partial charge in [0.25, 0.3) is 0 Å². The average Bonchev–Trinajstić information content (AvgIpc) is 3.64. The van der Waals surface area contributed by atoms with Gasteiger partial charge in [-0.05, 0) is 79.9 Å². The quantitative estimate of drug-likeness (QED) is 0.168. The fourth-order valence-corrected chi connectivity index (χ4v) is 9.50. The Hall–Kier alpha value is -8.21. The molecule has 0 N–H and O–H groups in total. The maximum absolute atomic E-state index is 6.71. The second-order valence-corrected chi connectivity index (χ2v) is 15.9. The van der Waals surface area contributed by atoms with Crippen molar-refractivity contribution in [3.8, 4) is 90.2 Å². The van der Waals surface area contributed by atoms with Gasteiger partial charge in [-0.1, -0.05) is 200 Å². The van der Waals surface area contributed by atoms with Crippen LogP contribution in [0.5, 0.6) is 11.5 Å². The van der Waals surface area contributed by atoms with Crippen molar-refractivity contribution >= 4 is 0 Å². The van der Waals surface area contributed by atoms with Crippen LogP contribution in [0.4, 0.5) is 0 Å². The molecule has 0 unspecified atom stereocenters. The highest BCUT2D eigenvalue weighted by atomic mass is 16.5. The van der Waals surface area contributed by atoms with E-state index in [1.54, 1.807) is 0 Å². The Kier molecular flexibility index (Phi) is 8.36. The minimum Gasteiger partial charge on any atom is -0.457 e. The predicted molar refractivity (Wildman–Crippen MR) is 250 cm³/mol. The van der Waals surface area contributed by atoms with Crippen LogP contribution in [0.25, 0.3) is 78.7 Å². The molecular formula is C58H37N3O. The summed E-state index contributed by atoms with van der Waals surface area (Å²) in [5.74, 6) is 3.56. The van der Waals surface area contributed by atoms with Gasteiger partial charge in [-0.2, -0.15) is 0 Å². The Bertz CT molecular complexity index is 3250. The highest BCUT2D eigenvalue weighted by Gasteiger charge is 2.51. The zero-order valence-corrected chi connectivity index (χ0v) is 33.6. The second kappa shape index (κ2) is 14.5. The standard InChI is InChI=1S/C58H37N3O/c1-4-14-38(15-5-1)40-24-26-42(27-25-40)45-32-34-47-48-35-33-46(37-52(48)58(51(47)36-45)49-20-10-12-22-53(49)62-54-23-13-11-21-50(54)58)57-60-55(43-18-8-3-9-19-43)59-56(61-57)44-30-28-41(29-31-44)39-16-6-2-7-17-39/h1-37H. The molecule has 1 aromatic heterocycles. The van der Waals surface area contributed by atoms with Crippen LogP contribution in [-0.4, -0.2) is 15.0 Å². The van der Waals surface area contributed by atoms with Crippen LogP contribution in [0.2, 0.25) is 0 Å². The molecule has 62 heavy (non-hydrogen) atoms. The first-order chi connectivity index (χ1) is 30.7. The van der Waals surface area contributed by atoms with Crippen LogP contribution < -0.4 is 4.74 Å². The summed E-state index contributed by atoms with van der Waals surface area (Å²) in [7, 11) is 0. The van der Waals surface area contributed by atoms with Crippen molar-refractivity contribution in [1.29, 1.82) is 0 Å². The van der Waals surface area contributed by atoms with Crippen LogP contribution in [0.15, 0.2) is 224 Å². The van der Waals surface area contributed by atoms with E-state index in [2.05, 4.69) is 200 Å². The van der Waals surface area contributed by atoms with E-state index in [1.165, 1.54) is 33.4 Å². The maximum atomic E-state index is 6.71. The number of hydrogen-bond donors (Lipinski definition) is 0. The third-order valence-corrected chi connectivity index (χ3v) is 12.4. The van der Waals surface area contributed by atoms with Crippen molar-refractivity contribution in [2.45, 2.75) is 5.41 Å². The average molecular weight is 792 g/mol. The van der Waals surface area contributed by atoms with E-state index >= 15 is 0 Å². The van der Waals surface area contributed by atoms with E-state index in [-0.39, 0.29) is 0 Å². The van der Waals surface area contributed by atoms with Crippen LogP contribution >= 0.6 is 0 Å². The molecule has 2 aliphatic rings. The lowest BCUT2D eigenvalue weighted by atomic mass is 9.65. The number of nitrogens with zero attached hydrogens (tertiary/aromatic N) is 3. The van der Waals surface area contributed by atoms with Gasteiger partial charge in [0.2, 0.25) is 0 Å². The summed E-state index contributed by atoms with van der Waals surface area (Å²) in [5, 5.41) is 0. The molecule has 9 aromatic carbocycles. The molecule has 1 aliphatic heterocycles. The summed E-state index contributed by atoms with van der Waals surface area (Å²) >= 11 is 0. The first kappa shape index (κ1) is 35.7. The summed E-state index contributed by atoms with van der Waals surface area (Å²) in [6, 6.07) is 79.2. The highest BCUT2D eigenvalue weighted by molar-refractivity contribution is 5.92. The van der Waals surface area contributed by atoms with E-state index in [0.29, 0.717) is 17.5 Å². The summed E-state index contributed by atoms with van der Waals surface area (Å²) in [4.78, 5) is 15.5. The molecule has 0 amide bonds. The first-order valence-electron chi connectivity index (χ1n) is 21.0. The Labute approximate surface area is 360 Å².